The zero-order chi connectivity index (χ0) is 13.8. The smallest absolute Gasteiger partial charge is 0.225 e. The fourth-order valence-corrected chi connectivity index (χ4v) is 2.89. The summed E-state index contributed by atoms with van der Waals surface area (Å²) < 4.78 is 5.65. The maximum absolute atomic E-state index is 5.65. The lowest BCUT2D eigenvalue weighted by Gasteiger charge is -2.27. The number of aromatic nitrogens is 2. The molecule has 0 saturated carbocycles. The first-order chi connectivity index (χ1) is 9.88. The van der Waals surface area contributed by atoms with Gasteiger partial charge in [-0.15, -0.1) is 0 Å². The van der Waals surface area contributed by atoms with E-state index in [2.05, 4.69) is 39.1 Å². The van der Waals surface area contributed by atoms with E-state index in [4.69, 9.17) is 4.74 Å². The summed E-state index contributed by atoms with van der Waals surface area (Å²) in [6, 6.07) is 12.7. The van der Waals surface area contributed by atoms with Crippen LogP contribution in [0.5, 0.6) is 0 Å². The Labute approximate surface area is 119 Å². The molecule has 0 aliphatic carbocycles. The van der Waals surface area contributed by atoms with E-state index < -0.39 is 0 Å². The molecule has 0 bridgehead atoms. The number of benzene rings is 1. The standard InChI is InChI=1S/C16H19N3O/c1-20-15-8-11-19(16-17-9-5-10-18-16)14(15)12-13-6-3-2-4-7-13/h2-7,9-10,14-15H,8,11-12H2,1H3/t14-,15-/m1/s1. The third-order valence-electron chi connectivity index (χ3n) is 3.88. The molecule has 2 atom stereocenters. The zero-order valence-electron chi connectivity index (χ0n) is 11.6. The molecule has 0 radical (unpaired) electrons. The van der Waals surface area contributed by atoms with Gasteiger partial charge < -0.3 is 9.64 Å². The number of rotatable bonds is 4. The summed E-state index contributed by atoms with van der Waals surface area (Å²) in [6.07, 6.45) is 5.80. The summed E-state index contributed by atoms with van der Waals surface area (Å²) >= 11 is 0. The molecule has 1 aromatic heterocycles. The molecule has 0 spiro atoms. The maximum atomic E-state index is 5.65. The van der Waals surface area contributed by atoms with Gasteiger partial charge in [-0.3, -0.25) is 0 Å². The van der Waals surface area contributed by atoms with E-state index in [1.807, 2.05) is 12.1 Å². The lowest BCUT2D eigenvalue weighted by Crippen LogP contribution is -2.38. The minimum atomic E-state index is 0.235. The summed E-state index contributed by atoms with van der Waals surface area (Å²) in [4.78, 5) is 11.0. The SMILES string of the molecule is CO[C@@H]1CCN(c2ncccn2)[C@@H]1Cc1ccccc1. The molecule has 0 N–H and O–H groups in total. The first-order valence-corrected chi connectivity index (χ1v) is 6.99. The van der Waals surface area contributed by atoms with Crippen LogP contribution >= 0.6 is 0 Å². The van der Waals surface area contributed by atoms with Gasteiger partial charge >= 0.3 is 0 Å². The van der Waals surface area contributed by atoms with Crippen molar-refractivity contribution < 1.29 is 4.74 Å². The van der Waals surface area contributed by atoms with Crippen LogP contribution in [0.25, 0.3) is 0 Å². The van der Waals surface area contributed by atoms with Crippen molar-refractivity contribution in [3.05, 3.63) is 54.4 Å². The largest absolute Gasteiger partial charge is 0.379 e. The van der Waals surface area contributed by atoms with E-state index in [1.165, 1.54) is 5.56 Å². The molecule has 4 heteroatoms. The molecule has 2 aromatic rings. The van der Waals surface area contributed by atoms with Crippen LogP contribution in [0.15, 0.2) is 48.8 Å². The van der Waals surface area contributed by atoms with Crippen molar-refractivity contribution in [2.75, 3.05) is 18.6 Å². The van der Waals surface area contributed by atoms with Crippen LogP contribution in [-0.4, -0.2) is 35.8 Å². The Kier molecular flexibility index (Phi) is 3.92. The minimum absolute atomic E-state index is 0.235. The van der Waals surface area contributed by atoms with Crippen molar-refractivity contribution in [1.29, 1.82) is 0 Å². The molecule has 0 amide bonds. The van der Waals surface area contributed by atoms with Crippen molar-refractivity contribution in [3.63, 3.8) is 0 Å². The maximum Gasteiger partial charge on any atom is 0.225 e. The second-order valence-electron chi connectivity index (χ2n) is 5.06. The Balaban J connectivity index is 1.83. The Hall–Kier alpha value is -1.94. The molecule has 1 saturated heterocycles. The highest BCUT2D eigenvalue weighted by Crippen LogP contribution is 2.26. The van der Waals surface area contributed by atoms with Crippen LogP contribution < -0.4 is 4.90 Å². The average molecular weight is 269 g/mol. The average Bonchev–Trinajstić information content (AvgIpc) is 2.92. The van der Waals surface area contributed by atoms with Crippen LogP contribution in [0.1, 0.15) is 12.0 Å². The normalized spacial score (nSPS) is 22.1. The molecule has 0 unspecified atom stereocenters. The predicted octanol–water partition coefficient (Wildman–Crippen LogP) is 2.31. The van der Waals surface area contributed by atoms with Crippen LogP contribution in [0, 0.1) is 0 Å². The Morgan fingerprint density at radius 1 is 1.15 bits per heavy atom. The van der Waals surface area contributed by atoms with Gasteiger partial charge in [-0.2, -0.15) is 0 Å². The van der Waals surface area contributed by atoms with E-state index in [0.717, 1.165) is 25.3 Å². The summed E-state index contributed by atoms with van der Waals surface area (Å²) in [6.45, 7) is 0.944. The highest BCUT2D eigenvalue weighted by Gasteiger charge is 2.35. The van der Waals surface area contributed by atoms with E-state index in [-0.39, 0.29) is 6.10 Å². The molecular weight excluding hydrogens is 250 g/mol. The van der Waals surface area contributed by atoms with Crippen molar-refractivity contribution >= 4 is 5.95 Å². The lowest BCUT2D eigenvalue weighted by molar-refractivity contribution is 0.0952. The molecule has 1 aromatic carbocycles. The molecule has 1 aliphatic heterocycles. The van der Waals surface area contributed by atoms with Gasteiger partial charge in [-0.05, 0) is 24.5 Å². The zero-order valence-corrected chi connectivity index (χ0v) is 11.6. The van der Waals surface area contributed by atoms with Crippen LogP contribution in [0.3, 0.4) is 0 Å². The summed E-state index contributed by atoms with van der Waals surface area (Å²) in [7, 11) is 1.79. The van der Waals surface area contributed by atoms with Gasteiger partial charge in [0.15, 0.2) is 0 Å². The Morgan fingerprint density at radius 3 is 2.60 bits per heavy atom. The van der Waals surface area contributed by atoms with Gasteiger partial charge in [0, 0.05) is 26.0 Å². The molecule has 4 nitrogen and oxygen atoms in total. The molecular formula is C16H19N3O. The molecule has 1 fully saturated rings. The van der Waals surface area contributed by atoms with E-state index in [9.17, 15) is 0 Å². The number of hydrogen-bond acceptors (Lipinski definition) is 4. The molecule has 1 aliphatic rings. The van der Waals surface area contributed by atoms with Gasteiger partial charge in [0.2, 0.25) is 5.95 Å². The van der Waals surface area contributed by atoms with E-state index in [0.29, 0.717) is 6.04 Å². The van der Waals surface area contributed by atoms with Crippen molar-refractivity contribution in [1.82, 2.24) is 9.97 Å². The molecule has 3 rings (SSSR count). The number of methoxy groups -OCH3 is 1. The van der Waals surface area contributed by atoms with Crippen LogP contribution in [0.4, 0.5) is 5.95 Å². The summed E-state index contributed by atoms with van der Waals surface area (Å²) in [5, 5.41) is 0. The highest BCUT2D eigenvalue weighted by atomic mass is 16.5. The topological polar surface area (TPSA) is 38.2 Å². The van der Waals surface area contributed by atoms with Gasteiger partial charge in [-0.1, -0.05) is 30.3 Å². The third kappa shape index (κ3) is 2.65. The molecule has 104 valence electrons. The second-order valence-corrected chi connectivity index (χ2v) is 5.06. The van der Waals surface area contributed by atoms with E-state index >= 15 is 0 Å². The minimum Gasteiger partial charge on any atom is -0.379 e. The van der Waals surface area contributed by atoms with E-state index in [1.54, 1.807) is 19.5 Å². The second kappa shape index (κ2) is 6.01. The van der Waals surface area contributed by atoms with Crippen molar-refractivity contribution in [3.8, 4) is 0 Å². The Morgan fingerprint density at radius 2 is 1.90 bits per heavy atom. The molecule has 20 heavy (non-hydrogen) atoms. The van der Waals surface area contributed by atoms with Gasteiger partial charge in [-0.25, -0.2) is 9.97 Å². The van der Waals surface area contributed by atoms with Crippen molar-refractivity contribution in [2.24, 2.45) is 0 Å². The fraction of sp³-hybridized carbons (Fsp3) is 0.375. The highest BCUT2D eigenvalue weighted by molar-refractivity contribution is 5.35. The van der Waals surface area contributed by atoms with Gasteiger partial charge in [0.1, 0.15) is 0 Å². The van der Waals surface area contributed by atoms with Crippen molar-refractivity contribution in [2.45, 2.75) is 25.0 Å². The van der Waals surface area contributed by atoms with Crippen LogP contribution in [0.2, 0.25) is 0 Å². The van der Waals surface area contributed by atoms with Gasteiger partial charge in [0.25, 0.3) is 0 Å². The first-order valence-electron chi connectivity index (χ1n) is 6.99. The number of ether oxygens (including phenoxy) is 1. The predicted molar refractivity (Wildman–Crippen MR) is 78.7 cm³/mol. The molecule has 2 heterocycles. The first kappa shape index (κ1) is 13.1. The fourth-order valence-electron chi connectivity index (χ4n) is 2.89. The number of hydrogen-bond donors (Lipinski definition) is 0. The monoisotopic (exact) mass is 269 g/mol. The summed E-state index contributed by atoms with van der Waals surface area (Å²) in [5.74, 6) is 0.799. The quantitative estimate of drug-likeness (QED) is 0.853. The number of nitrogens with zero attached hydrogens (tertiary/aromatic N) is 3. The summed E-state index contributed by atoms with van der Waals surface area (Å²) in [5.41, 5.74) is 1.32. The van der Waals surface area contributed by atoms with Gasteiger partial charge in [0.05, 0.1) is 12.1 Å². The third-order valence-corrected chi connectivity index (χ3v) is 3.88. The Bertz CT molecular complexity index is 532. The lowest BCUT2D eigenvalue weighted by atomic mass is 10.0. The van der Waals surface area contributed by atoms with Crippen LogP contribution in [-0.2, 0) is 11.2 Å². The number of anilines is 1.